The molecule has 0 heterocycles. The highest BCUT2D eigenvalue weighted by molar-refractivity contribution is 6.30. The number of benzene rings is 2. The Morgan fingerprint density at radius 1 is 1.19 bits per heavy atom. The van der Waals surface area contributed by atoms with E-state index in [0.717, 1.165) is 5.56 Å². The number of carbonyl (C=O) groups excluding carboxylic acids is 1. The molecular formula is C16H14ClNO3. The van der Waals surface area contributed by atoms with Gasteiger partial charge in [0.2, 0.25) is 5.91 Å². The van der Waals surface area contributed by atoms with E-state index in [9.17, 15) is 9.59 Å². The Bertz CT molecular complexity index is 698. The predicted molar refractivity (Wildman–Crippen MR) is 81.9 cm³/mol. The topological polar surface area (TPSA) is 66.4 Å². The normalized spacial score (nSPS) is 10.2. The number of anilines is 1. The van der Waals surface area contributed by atoms with Crippen molar-refractivity contribution in [1.29, 1.82) is 0 Å². The first kappa shape index (κ1) is 15.1. The van der Waals surface area contributed by atoms with Gasteiger partial charge in [-0.1, -0.05) is 35.9 Å². The maximum atomic E-state index is 12.1. The molecule has 0 aliphatic rings. The molecule has 0 saturated heterocycles. The zero-order valence-corrected chi connectivity index (χ0v) is 12.1. The van der Waals surface area contributed by atoms with Crippen molar-refractivity contribution in [3.63, 3.8) is 0 Å². The van der Waals surface area contributed by atoms with E-state index in [1.165, 1.54) is 6.07 Å². The molecule has 0 saturated carbocycles. The lowest BCUT2D eigenvalue weighted by atomic mass is 10.1. The van der Waals surface area contributed by atoms with Gasteiger partial charge in [0.1, 0.15) is 0 Å². The molecule has 0 radical (unpaired) electrons. The number of aromatic carboxylic acids is 1. The quantitative estimate of drug-likeness (QED) is 0.908. The van der Waals surface area contributed by atoms with E-state index in [1.54, 1.807) is 43.3 Å². The van der Waals surface area contributed by atoms with Crippen molar-refractivity contribution < 1.29 is 14.7 Å². The molecule has 0 bridgehead atoms. The summed E-state index contributed by atoms with van der Waals surface area (Å²) < 4.78 is 0. The van der Waals surface area contributed by atoms with E-state index in [4.69, 9.17) is 16.7 Å². The van der Waals surface area contributed by atoms with Gasteiger partial charge >= 0.3 is 5.97 Å². The Morgan fingerprint density at radius 3 is 2.57 bits per heavy atom. The van der Waals surface area contributed by atoms with Crippen LogP contribution in [-0.2, 0) is 11.2 Å². The van der Waals surface area contributed by atoms with Crippen molar-refractivity contribution >= 4 is 29.2 Å². The number of aryl methyl sites for hydroxylation is 1. The molecule has 2 aromatic carbocycles. The lowest BCUT2D eigenvalue weighted by Gasteiger charge is -2.11. The molecule has 5 heteroatoms. The second-order valence-electron chi connectivity index (χ2n) is 4.66. The number of hydrogen-bond acceptors (Lipinski definition) is 2. The Hall–Kier alpha value is -2.33. The van der Waals surface area contributed by atoms with E-state index in [-0.39, 0.29) is 17.9 Å². The minimum Gasteiger partial charge on any atom is -0.478 e. The van der Waals surface area contributed by atoms with E-state index in [2.05, 4.69) is 5.32 Å². The molecule has 2 rings (SSSR count). The molecule has 108 valence electrons. The van der Waals surface area contributed by atoms with Gasteiger partial charge in [-0.3, -0.25) is 4.79 Å². The van der Waals surface area contributed by atoms with Crippen LogP contribution in [0.2, 0.25) is 5.02 Å². The SMILES string of the molecule is Cc1cccc(C(=O)O)c1NC(=O)Cc1cccc(Cl)c1. The molecular weight excluding hydrogens is 290 g/mol. The van der Waals surface area contributed by atoms with E-state index in [0.29, 0.717) is 16.3 Å². The summed E-state index contributed by atoms with van der Waals surface area (Å²) in [5, 5.41) is 12.4. The van der Waals surface area contributed by atoms with Crippen LogP contribution in [0, 0.1) is 6.92 Å². The van der Waals surface area contributed by atoms with Crippen LogP contribution in [0.25, 0.3) is 0 Å². The van der Waals surface area contributed by atoms with Gasteiger partial charge in [-0.15, -0.1) is 0 Å². The van der Waals surface area contributed by atoms with Crippen LogP contribution < -0.4 is 5.32 Å². The maximum Gasteiger partial charge on any atom is 0.337 e. The zero-order chi connectivity index (χ0) is 15.4. The molecule has 0 atom stereocenters. The Labute approximate surface area is 127 Å². The van der Waals surface area contributed by atoms with Crippen LogP contribution >= 0.6 is 11.6 Å². The van der Waals surface area contributed by atoms with Crippen LogP contribution in [0.3, 0.4) is 0 Å². The minimum absolute atomic E-state index is 0.0782. The summed E-state index contributed by atoms with van der Waals surface area (Å²) in [5.74, 6) is -1.36. The lowest BCUT2D eigenvalue weighted by molar-refractivity contribution is -0.115. The molecule has 21 heavy (non-hydrogen) atoms. The lowest BCUT2D eigenvalue weighted by Crippen LogP contribution is -2.17. The smallest absolute Gasteiger partial charge is 0.337 e. The van der Waals surface area contributed by atoms with Crippen LogP contribution in [0.15, 0.2) is 42.5 Å². The van der Waals surface area contributed by atoms with Crippen molar-refractivity contribution in [3.8, 4) is 0 Å². The van der Waals surface area contributed by atoms with Gasteiger partial charge in [0.15, 0.2) is 0 Å². The third-order valence-corrected chi connectivity index (χ3v) is 3.26. The second kappa shape index (κ2) is 6.41. The van der Waals surface area contributed by atoms with Gasteiger partial charge in [0.05, 0.1) is 17.7 Å². The monoisotopic (exact) mass is 303 g/mol. The van der Waals surface area contributed by atoms with Gasteiger partial charge in [0, 0.05) is 5.02 Å². The zero-order valence-electron chi connectivity index (χ0n) is 11.4. The Morgan fingerprint density at radius 2 is 1.90 bits per heavy atom. The summed E-state index contributed by atoms with van der Waals surface area (Å²) in [6.45, 7) is 1.75. The molecule has 2 N–H and O–H groups in total. The average molecular weight is 304 g/mol. The van der Waals surface area contributed by atoms with E-state index in [1.807, 2.05) is 0 Å². The van der Waals surface area contributed by atoms with Crippen LogP contribution in [0.1, 0.15) is 21.5 Å². The number of carboxylic acids is 1. The van der Waals surface area contributed by atoms with Gasteiger partial charge in [0.25, 0.3) is 0 Å². The summed E-state index contributed by atoms with van der Waals surface area (Å²) >= 11 is 5.87. The molecule has 0 aliphatic carbocycles. The van der Waals surface area contributed by atoms with Crippen LogP contribution in [-0.4, -0.2) is 17.0 Å². The Kier molecular flexibility index (Phi) is 4.60. The molecule has 0 fully saturated rings. The average Bonchev–Trinajstić information content (AvgIpc) is 2.40. The van der Waals surface area contributed by atoms with Crippen molar-refractivity contribution in [3.05, 3.63) is 64.2 Å². The predicted octanol–water partition coefficient (Wildman–Crippen LogP) is 3.53. The highest BCUT2D eigenvalue weighted by atomic mass is 35.5. The number of hydrogen-bond donors (Lipinski definition) is 2. The van der Waals surface area contributed by atoms with Crippen molar-refractivity contribution in [2.45, 2.75) is 13.3 Å². The first-order chi connectivity index (χ1) is 9.97. The van der Waals surface area contributed by atoms with Crippen molar-refractivity contribution in [1.82, 2.24) is 0 Å². The number of nitrogens with one attached hydrogen (secondary N) is 1. The van der Waals surface area contributed by atoms with E-state index < -0.39 is 5.97 Å². The number of halogens is 1. The minimum atomic E-state index is -1.07. The molecule has 0 aromatic heterocycles. The van der Waals surface area contributed by atoms with Gasteiger partial charge < -0.3 is 10.4 Å². The summed E-state index contributed by atoms with van der Waals surface area (Å²) in [7, 11) is 0. The molecule has 2 aromatic rings. The highest BCUT2D eigenvalue weighted by Crippen LogP contribution is 2.21. The summed E-state index contributed by atoms with van der Waals surface area (Å²) in [6, 6.07) is 11.9. The number of amides is 1. The fourth-order valence-electron chi connectivity index (χ4n) is 2.03. The van der Waals surface area contributed by atoms with Crippen LogP contribution in [0.5, 0.6) is 0 Å². The number of carbonyl (C=O) groups is 2. The molecule has 0 aliphatic heterocycles. The summed E-state index contributed by atoms with van der Waals surface area (Å²) in [4.78, 5) is 23.3. The largest absolute Gasteiger partial charge is 0.478 e. The van der Waals surface area contributed by atoms with Gasteiger partial charge in [-0.05, 0) is 36.2 Å². The van der Waals surface area contributed by atoms with Gasteiger partial charge in [-0.25, -0.2) is 4.79 Å². The summed E-state index contributed by atoms with van der Waals surface area (Å²) in [6.07, 6.45) is 0.133. The first-order valence-corrected chi connectivity index (χ1v) is 6.72. The van der Waals surface area contributed by atoms with Gasteiger partial charge in [-0.2, -0.15) is 0 Å². The molecule has 4 nitrogen and oxygen atoms in total. The molecule has 0 unspecified atom stereocenters. The number of carboxylic acid groups (broad SMARTS) is 1. The van der Waals surface area contributed by atoms with Crippen molar-refractivity contribution in [2.24, 2.45) is 0 Å². The van der Waals surface area contributed by atoms with E-state index >= 15 is 0 Å². The second-order valence-corrected chi connectivity index (χ2v) is 5.09. The molecule has 0 spiro atoms. The van der Waals surface area contributed by atoms with Crippen molar-refractivity contribution in [2.75, 3.05) is 5.32 Å². The standard InChI is InChI=1S/C16H14ClNO3/c1-10-4-2-7-13(16(20)21)15(10)18-14(19)9-11-5-3-6-12(17)8-11/h2-8H,9H2,1H3,(H,18,19)(H,20,21). The highest BCUT2D eigenvalue weighted by Gasteiger charge is 2.14. The fourth-order valence-corrected chi connectivity index (χ4v) is 2.24. The third kappa shape index (κ3) is 3.83. The summed E-state index contributed by atoms with van der Waals surface area (Å²) in [5.41, 5.74) is 1.88. The van der Waals surface area contributed by atoms with Crippen LogP contribution in [0.4, 0.5) is 5.69 Å². The third-order valence-electron chi connectivity index (χ3n) is 3.02. The molecule has 1 amide bonds. The number of rotatable bonds is 4. The Balaban J connectivity index is 2.18. The first-order valence-electron chi connectivity index (χ1n) is 6.34. The fraction of sp³-hybridized carbons (Fsp3) is 0.125. The number of para-hydroxylation sites is 1. The maximum absolute atomic E-state index is 12.1.